The number of hydrogen-bond acceptors (Lipinski definition) is 3. The topological polar surface area (TPSA) is 84.2 Å². The van der Waals surface area contributed by atoms with Crippen molar-refractivity contribution in [3.05, 3.63) is 0 Å². The van der Waals surface area contributed by atoms with Crippen molar-refractivity contribution < 1.29 is 21.6 Å². The second kappa shape index (κ2) is 6.69. The lowest BCUT2D eigenvalue weighted by atomic mass is 9.88. The summed E-state index contributed by atoms with van der Waals surface area (Å²) in [6.07, 6.45) is -3.15. The fourth-order valence-corrected chi connectivity index (χ4v) is 2.22. The minimum atomic E-state index is -4.57. The highest BCUT2D eigenvalue weighted by atomic mass is 32.2. The summed E-state index contributed by atoms with van der Waals surface area (Å²) in [5.41, 5.74) is 4.98. The van der Waals surface area contributed by atoms with Crippen molar-refractivity contribution in [2.24, 2.45) is 11.1 Å². The molecule has 9 heteroatoms. The van der Waals surface area contributed by atoms with Crippen LogP contribution in [-0.2, 0) is 10.2 Å². The van der Waals surface area contributed by atoms with Gasteiger partial charge < -0.3 is 5.73 Å². The molecule has 0 rings (SSSR count). The molecule has 0 saturated heterocycles. The maximum Gasteiger partial charge on any atom is 0.402 e. The maximum atomic E-state index is 11.9. The van der Waals surface area contributed by atoms with Gasteiger partial charge in [-0.3, -0.25) is 0 Å². The fourth-order valence-electron chi connectivity index (χ4n) is 1.19. The number of hydrogen-bond donors (Lipinski definition) is 3. The van der Waals surface area contributed by atoms with E-state index in [1.165, 1.54) is 4.72 Å². The van der Waals surface area contributed by atoms with E-state index in [0.717, 1.165) is 6.42 Å². The van der Waals surface area contributed by atoms with E-state index in [0.29, 0.717) is 13.0 Å². The molecule has 0 aliphatic heterocycles. The van der Waals surface area contributed by atoms with Crippen LogP contribution in [0.1, 0.15) is 26.7 Å². The Morgan fingerprint density at radius 2 is 1.61 bits per heavy atom. The van der Waals surface area contributed by atoms with Crippen LogP contribution in [0.15, 0.2) is 0 Å². The van der Waals surface area contributed by atoms with Gasteiger partial charge in [0.15, 0.2) is 0 Å². The van der Waals surface area contributed by atoms with Crippen molar-refractivity contribution in [1.29, 1.82) is 0 Å². The van der Waals surface area contributed by atoms with E-state index in [1.54, 1.807) is 0 Å². The number of nitrogens with two attached hydrogens (primary N) is 1. The quantitative estimate of drug-likeness (QED) is 0.616. The average molecular weight is 291 g/mol. The molecule has 0 spiro atoms. The molecular weight excluding hydrogens is 271 g/mol. The molecule has 18 heavy (non-hydrogen) atoms. The average Bonchev–Trinajstić information content (AvgIpc) is 2.21. The van der Waals surface area contributed by atoms with Crippen molar-refractivity contribution in [2.75, 3.05) is 19.6 Å². The van der Waals surface area contributed by atoms with Crippen LogP contribution in [0.4, 0.5) is 13.2 Å². The van der Waals surface area contributed by atoms with Gasteiger partial charge in [-0.05, 0) is 24.8 Å². The predicted octanol–water partition coefficient (Wildman–Crippen LogP) is 0.738. The number of alkyl halides is 3. The van der Waals surface area contributed by atoms with Crippen LogP contribution in [0.5, 0.6) is 0 Å². The molecule has 0 aromatic heterocycles. The molecule has 4 N–H and O–H groups in total. The van der Waals surface area contributed by atoms with E-state index >= 15 is 0 Å². The third-order valence-corrected chi connectivity index (χ3v) is 3.31. The summed E-state index contributed by atoms with van der Waals surface area (Å²) in [6.45, 7) is 2.60. The zero-order valence-electron chi connectivity index (χ0n) is 10.5. The number of halogens is 3. The van der Waals surface area contributed by atoms with Crippen LogP contribution in [0.25, 0.3) is 0 Å². The Hall–Kier alpha value is -0.380. The van der Waals surface area contributed by atoms with Gasteiger partial charge in [-0.15, -0.1) is 0 Å². The van der Waals surface area contributed by atoms with Gasteiger partial charge in [0, 0.05) is 6.54 Å². The van der Waals surface area contributed by atoms with E-state index in [1.807, 2.05) is 13.8 Å². The van der Waals surface area contributed by atoms with Crippen LogP contribution in [-0.4, -0.2) is 34.2 Å². The van der Waals surface area contributed by atoms with Crippen molar-refractivity contribution in [3.63, 3.8) is 0 Å². The molecule has 0 aromatic carbocycles. The normalized spacial score (nSPS) is 13.9. The molecule has 0 heterocycles. The SMILES string of the molecule is CC(C)(CCCN)CNS(=O)(=O)NCC(F)(F)F. The van der Waals surface area contributed by atoms with Gasteiger partial charge in [0.25, 0.3) is 10.2 Å². The van der Waals surface area contributed by atoms with Crippen molar-refractivity contribution in [2.45, 2.75) is 32.9 Å². The second-order valence-electron chi connectivity index (χ2n) is 4.82. The molecule has 0 atom stereocenters. The molecule has 0 amide bonds. The van der Waals surface area contributed by atoms with Gasteiger partial charge in [0.1, 0.15) is 6.54 Å². The Kier molecular flexibility index (Phi) is 6.55. The Morgan fingerprint density at radius 3 is 2.06 bits per heavy atom. The van der Waals surface area contributed by atoms with Crippen LogP contribution in [0.3, 0.4) is 0 Å². The van der Waals surface area contributed by atoms with E-state index in [4.69, 9.17) is 5.73 Å². The molecule has 0 aliphatic carbocycles. The second-order valence-corrected chi connectivity index (χ2v) is 6.40. The Morgan fingerprint density at radius 1 is 1.11 bits per heavy atom. The summed E-state index contributed by atoms with van der Waals surface area (Å²) in [5, 5.41) is 0. The molecule has 0 saturated carbocycles. The fraction of sp³-hybridized carbons (Fsp3) is 1.00. The molecule has 0 bridgehead atoms. The minimum Gasteiger partial charge on any atom is -0.330 e. The largest absolute Gasteiger partial charge is 0.402 e. The minimum absolute atomic E-state index is 0.0557. The molecule has 0 unspecified atom stereocenters. The van der Waals surface area contributed by atoms with Gasteiger partial charge in [-0.25, -0.2) is 4.72 Å². The van der Waals surface area contributed by atoms with Crippen LogP contribution >= 0.6 is 0 Å². The van der Waals surface area contributed by atoms with E-state index in [9.17, 15) is 21.6 Å². The molecule has 0 aromatic rings. The van der Waals surface area contributed by atoms with Crippen LogP contribution in [0, 0.1) is 5.41 Å². The standard InChI is InChI=1S/C9H20F3N3O2S/c1-8(2,4-3-5-13)6-14-18(16,17)15-7-9(10,11)12/h14-15H,3-7,13H2,1-2H3. The summed E-state index contributed by atoms with van der Waals surface area (Å²) in [5.74, 6) is 0. The Labute approximate surface area is 105 Å². The molecule has 110 valence electrons. The molecule has 0 radical (unpaired) electrons. The molecule has 0 fully saturated rings. The van der Waals surface area contributed by atoms with E-state index in [2.05, 4.69) is 4.72 Å². The molecule has 0 aliphatic rings. The van der Waals surface area contributed by atoms with Crippen LogP contribution < -0.4 is 15.2 Å². The monoisotopic (exact) mass is 291 g/mol. The van der Waals surface area contributed by atoms with Gasteiger partial charge >= 0.3 is 6.18 Å². The smallest absolute Gasteiger partial charge is 0.330 e. The lowest BCUT2D eigenvalue weighted by Crippen LogP contribution is -2.44. The summed E-state index contributed by atoms with van der Waals surface area (Å²) in [6, 6.07) is 0. The summed E-state index contributed by atoms with van der Waals surface area (Å²) in [4.78, 5) is 0. The Bertz CT molecular complexity index is 341. The zero-order chi connectivity index (χ0) is 14.4. The first-order valence-corrected chi connectivity index (χ1v) is 6.97. The summed E-state index contributed by atoms with van der Waals surface area (Å²) >= 11 is 0. The number of rotatable bonds is 8. The third kappa shape index (κ3) is 9.63. The molecular formula is C9H20F3N3O2S. The highest BCUT2D eigenvalue weighted by molar-refractivity contribution is 7.87. The summed E-state index contributed by atoms with van der Waals surface area (Å²) in [7, 11) is -4.12. The zero-order valence-corrected chi connectivity index (χ0v) is 11.3. The first kappa shape index (κ1) is 17.6. The predicted molar refractivity (Wildman–Crippen MR) is 63.0 cm³/mol. The van der Waals surface area contributed by atoms with Crippen LogP contribution in [0.2, 0.25) is 0 Å². The van der Waals surface area contributed by atoms with Gasteiger partial charge in [-0.2, -0.15) is 26.3 Å². The van der Waals surface area contributed by atoms with Gasteiger partial charge in [0.05, 0.1) is 0 Å². The maximum absolute atomic E-state index is 11.9. The molecule has 5 nitrogen and oxygen atoms in total. The first-order chi connectivity index (χ1) is 7.97. The van der Waals surface area contributed by atoms with Gasteiger partial charge in [-0.1, -0.05) is 13.8 Å². The van der Waals surface area contributed by atoms with E-state index in [-0.39, 0.29) is 12.0 Å². The third-order valence-electron chi connectivity index (χ3n) is 2.26. The highest BCUT2D eigenvalue weighted by Gasteiger charge is 2.30. The Balaban J connectivity index is 4.18. The van der Waals surface area contributed by atoms with Crippen molar-refractivity contribution in [1.82, 2.24) is 9.44 Å². The number of nitrogens with one attached hydrogen (secondary N) is 2. The van der Waals surface area contributed by atoms with Crippen molar-refractivity contribution >= 4 is 10.2 Å². The lowest BCUT2D eigenvalue weighted by molar-refractivity contribution is -0.121. The first-order valence-electron chi connectivity index (χ1n) is 5.48. The van der Waals surface area contributed by atoms with Crippen molar-refractivity contribution in [3.8, 4) is 0 Å². The van der Waals surface area contributed by atoms with Gasteiger partial charge in [0.2, 0.25) is 0 Å². The van der Waals surface area contributed by atoms with E-state index < -0.39 is 22.9 Å². The highest BCUT2D eigenvalue weighted by Crippen LogP contribution is 2.20. The summed E-state index contributed by atoms with van der Waals surface area (Å²) < 4.78 is 61.6. The lowest BCUT2D eigenvalue weighted by Gasteiger charge is -2.24.